The Morgan fingerprint density at radius 1 is 0.826 bits per heavy atom. The Morgan fingerprint density at radius 3 is 2.39 bits per heavy atom. The van der Waals surface area contributed by atoms with Gasteiger partial charge >= 0.3 is 0 Å². The highest BCUT2D eigenvalue weighted by atomic mass is 15.1. The van der Waals surface area contributed by atoms with Gasteiger partial charge in [0, 0.05) is 18.0 Å². The molecule has 1 saturated carbocycles. The number of hydrogen-bond acceptors (Lipinski definition) is 1. The van der Waals surface area contributed by atoms with Crippen molar-refractivity contribution in [1.82, 2.24) is 9.55 Å². The van der Waals surface area contributed by atoms with Crippen molar-refractivity contribution in [2.24, 2.45) is 0 Å². The maximum absolute atomic E-state index is 4.61. The number of aromatic nitrogens is 2. The Balaban J connectivity index is 1.79. The Bertz CT molecular complexity index is 767. The van der Waals surface area contributed by atoms with Gasteiger partial charge in [-0.25, -0.2) is 4.98 Å². The average molecular weight is 302 g/mol. The normalized spacial score (nSPS) is 15.7. The van der Waals surface area contributed by atoms with E-state index in [2.05, 4.69) is 64.3 Å². The second-order valence-corrected chi connectivity index (χ2v) is 6.38. The first-order chi connectivity index (χ1) is 11.4. The molecule has 1 fully saturated rings. The molecule has 2 aromatic carbocycles. The van der Waals surface area contributed by atoms with E-state index >= 15 is 0 Å². The fraction of sp³-hybridized carbons (Fsp3) is 0.286. The van der Waals surface area contributed by atoms with Crippen LogP contribution < -0.4 is 0 Å². The summed E-state index contributed by atoms with van der Waals surface area (Å²) in [6, 6.07) is 19.3. The van der Waals surface area contributed by atoms with Gasteiger partial charge in [0.2, 0.25) is 0 Å². The third-order valence-corrected chi connectivity index (χ3v) is 4.91. The van der Waals surface area contributed by atoms with Crippen LogP contribution in [0, 0.1) is 0 Å². The van der Waals surface area contributed by atoms with Crippen molar-refractivity contribution in [3.05, 3.63) is 72.6 Å². The summed E-state index contributed by atoms with van der Waals surface area (Å²) in [6.45, 7) is 0. The van der Waals surface area contributed by atoms with Crippen LogP contribution in [-0.2, 0) is 0 Å². The van der Waals surface area contributed by atoms with E-state index in [1.54, 1.807) is 0 Å². The van der Waals surface area contributed by atoms with Crippen molar-refractivity contribution in [2.75, 3.05) is 0 Å². The van der Waals surface area contributed by atoms with Gasteiger partial charge in [-0.05, 0) is 30.4 Å². The van der Waals surface area contributed by atoms with Crippen LogP contribution in [0.3, 0.4) is 0 Å². The van der Waals surface area contributed by atoms with Crippen molar-refractivity contribution in [2.45, 2.75) is 38.0 Å². The molecular formula is C21H22N2. The van der Waals surface area contributed by atoms with Crippen LogP contribution in [0.15, 0.2) is 67.0 Å². The number of nitrogens with zero attached hydrogens (tertiary/aromatic N) is 2. The molecule has 0 bridgehead atoms. The number of para-hydroxylation sites is 1. The van der Waals surface area contributed by atoms with Gasteiger partial charge in [-0.15, -0.1) is 0 Å². The predicted molar refractivity (Wildman–Crippen MR) is 94.8 cm³/mol. The van der Waals surface area contributed by atoms with E-state index < -0.39 is 0 Å². The van der Waals surface area contributed by atoms with Gasteiger partial charge in [0.1, 0.15) is 5.82 Å². The fourth-order valence-electron chi connectivity index (χ4n) is 3.76. The predicted octanol–water partition coefficient (Wildman–Crippen LogP) is 5.59. The largest absolute Gasteiger partial charge is 0.300 e. The summed E-state index contributed by atoms with van der Waals surface area (Å²) in [5, 5.41) is 0. The topological polar surface area (TPSA) is 17.8 Å². The van der Waals surface area contributed by atoms with Crippen LogP contribution in [0.1, 0.15) is 43.6 Å². The molecule has 0 unspecified atom stereocenters. The molecule has 0 spiro atoms. The van der Waals surface area contributed by atoms with Gasteiger partial charge in [-0.2, -0.15) is 0 Å². The molecule has 0 radical (unpaired) electrons. The van der Waals surface area contributed by atoms with Crippen molar-refractivity contribution >= 4 is 0 Å². The van der Waals surface area contributed by atoms with Gasteiger partial charge in [0.05, 0.1) is 5.69 Å². The molecular weight excluding hydrogens is 280 g/mol. The summed E-state index contributed by atoms with van der Waals surface area (Å²) in [6.07, 6.45) is 10.7. The van der Waals surface area contributed by atoms with E-state index in [4.69, 9.17) is 0 Å². The molecule has 0 N–H and O–H groups in total. The summed E-state index contributed by atoms with van der Waals surface area (Å²) in [5.41, 5.74) is 3.93. The number of hydrogen-bond donors (Lipinski definition) is 0. The van der Waals surface area contributed by atoms with Gasteiger partial charge in [-0.3, -0.25) is 4.57 Å². The Morgan fingerprint density at radius 2 is 1.57 bits per heavy atom. The minimum Gasteiger partial charge on any atom is -0.300 e. The van der Waals surface area contributed by atoms with E-state index in [0.717, 1.165) is 11.4 Å². The molecule has 2 nitrogen and oxygen atoms in total. The Labute approximate surface area is 137 Å². The molecule has 0 aliphatic heterocycles. The van der Waals surface area contributed by atoms with E-state index in [1.165, 1.54) is 43.4 Å². The zero-order valence-corrected chi connectivity index (χ0v) is 13.4. The molecule has 1 aromatic heterocycles. The fourth-order valence-corrected chi connectivity index (χ4v) is 3.76. The van der Waals surface area contributed by atoms with E-state index in [1.807, 2.05) is 12.3 Å². The zero-order chi connectivity index (χ0) is 15.5. The van der Waals surface area contributed by atoms with Gasteiger partial charge < -0.3 is 0 Å². The Hall–Kier alpha value is -2.35. The van der Waals surface area contributed by atoms with Crippen molar-refractivity contribution in [3.63, 3.8) is 0 Å². The highest BCUT2D eigenvalue weighted by Crippen LogP contribution is 2.36. The first-order valence-corrected chi connectivity index (χ1v) is 8.61. The average Bonchev–Trinajstić information content (AvgIpc) is 3.13. The summed E-state index contributed by atoms with van der Waals surface area (Å²) >= 11 is 0. The molecule has 4 rings (SSSR count). The van der Waals surface area contributed by atoms with Gasteiger partial charge in [0.15, 0.2) is 0 Å². The first kappa shape index (κ1) is 14.3. The number of benzene rings is 2. The molecule has 0 saturated heterocycles. The molecule has 1 aliphatic rings. The quantitative estimate of drug-likeness (QED) is 0.617. The first-order valence-electron chi connectivity index (χ1n) is 8.61. The van der Waals surface area contributed by atoms with E-state index in [-0.39, 0.29) is 0 Å². The molecule has 116 valence electrons. The number of rotatable bonds is 3. The monoisotopic (exact) mass is 302 g/mol. The highest BCUT2D eigenvalue weighted by Gasteiger charge is 2.20. The lowest BCUT2D eigenvalue weighted by molar-refractivity contribution is 0.443. The molecule has 3 aromatic rings. The minimum absolute atomic E-state index is 0.686. The summed E-state index contributed by atoms with van der Waals surface area (Å²) in [4.78, 5) is 4.61. The van der Waals surface area contributed by atoms with Crippen LogP contribution in [0.5, 0.6) is 0 Å². The summed E-state index contributed by atoms with van der Waals surface area (Å²) in [5.74, 6) is 1.71. The second-order valence-electron chi connectivity index (χ2n) is 6.38. The smallest absolute Gasteiger partial charge is 0.144 e. The summed E-state index contributed by atoms with van der Waals surface area (Å²) < 4.78 is 2.25. The van der Waals surface area contributed by atoms with Crippen LogP contribution >= 0.6 is 0 Å². The highest BCUT2D eigenvalue weighted by molar-refractivity contribution is 5.60. The van der Waals surface area contributed by atoms with Crippen LogP contribution in [0.4, 0.5) is 0 Å². The SMILES string of the molecule is c1ccc(-c2nccn2-c2ccccc2C2CCCCC2)cc1. The molecule has 23 heavy (non-hydrogen) atoms. The third-order valence-electron chi connectivity index (χ3n) is 4.91. The standard InChI is InChI=1S/C21H22N2/c1-3-9-17(10-4-1)19-13-7-8-14-20(19)23-16-15-22-21(23)18-11-5-2-6-12-18/h2,5-8,11-17H,1,3-4,9-10H2. The molecule has 2 heteroatoms. The van der Waals surface area contributed by atoms with Crippen molar-refractivity contribution in [1.29, 1.82) is 0 Å². The lowest BCUT2D eigenvalue weighted by Gasteiger charge is -2.25. The third kappa shape index (κ3) is 2.81. The van der Waals surface area contributed by atoms with E-state index in [9.17, 15) is 0 Å². The van der Waals surface area contributed by atoms with Crippen LogP contribution in [-0.4, -0.2) is 9.55 Å². The van der Waals surface area contributed by atoms with Crippen LogP contribution in [0.25, 0.3) is 17.1 Å². The molecule has 1 aliphatic carbocycles. The maximum Gasteiger partial charge on any atom is 0.144 e. The lowest BCUT2D eigenvalue weighted by Crippen LogP contribution is -2.09. The maximum atomic E-state index is 4.61. The summed E-state index contributed by atoms with van der Waals surface area (Å²) in [7, 11) is 0. The van der Waals surface area contributed by atoms with Gasteiger partial charge in [-0.1, -0.05) is 67.8 Å². The lowest BCUT2D eigenvalue weighted by atomic mass is 9.83. The van der Waals surface area contributed by atoms with E-state index in [0.29, 0.717) is 5.92 Å². The number of imidazole rings is 1. The van der Waals surface area contributed by atoms with Crippen molar-refractivity contribution in [3.8, 4) is 17.1 Å². The molecule has 1 heterocycles. The van der Waals surface area contributed by atoms with Gasteiger partial charge in [0.25, 0.3) is 0 Å². The zero-order valence-electron chi connectivity index (χ0n) is 13.4. The minimum atomic E-state index is 0.686. The van der Waals surface area contributed by atoms with Crippen molar-refractivity contribution < 1.29 is 0 Å². The molecule has 0 amide bonds. The molecule has 0 atom stereocenters. The second kappa shape index (κ2) is 6.41. The van der Waals surface area contributed by atoms with Crippen LogP contribution in [0.2, 0.25) is 0 Å². The Kier molecular flexibility index (Phi) is 3.97.